The molecular formula is C50H42N2O. The summed E-state index contributed by atoms with van der Waals surface area (Å²) in [5.74, 6) is 0. The maximum atomic E-state index is 6.29. The fraction of sp³-hybridized carbons (Fsp3) is 0.160. The van der Waals surface area contributed by atoms with Crippen LogP contribution >= 0.6 is 0 Å². The number of furan rings is 1. The molecule has 0 spiro atoms. The van der Waals surface area contributed by atoms with Gasteiger partial charge in [0.15, 0.2) is 0 Å². The van der Waals surface area contributed by atoms with Crippen LogP contribution in [0.25, 0.3) is 88.1 Å². The Bertz CT molecular complexity index is 2970. The van der Waals surface area contributed by atoms with E-state index in [0.717, 1.165) is 22.2 Å². The SMILES string of the molecule is CC(C)(C)c1ccc2c(c1)c1cc(C(C)(C)C)ccc1n2-c1ccc(-c2ccc(-n3c4ccccc4c4c5c(ccc43)oc3ccccc35)cc2)cc1. The summed E-state index contributed by atoms with van der Waals surface area (Å²) in [6.45, 7) is 13.8. The van der Waals surface area contributed by atoms with Crippen LogP contribution in [0, 0.1) is 0 Å². The molecule has 0 fully saturated rings. The van der Waals surface area contributed by atoms with Crippen LogP contribution < -0.4 is 0 Å². The molecule has 0 radical (unpaired) electrons. The zero-order valence-corrected chi connectivity index (χ0v) is 31.2. The average molecular weight is 687 g/mol. The summed E-state index contributed by atoms with van der Waals surface area (Å²) in [7, 11) is 0. The van der Waals surface area contributed by atoms with Crippen molar-refractivity contribution in [3.63, 3.8) is 0 Å². The van der Waals surface area contributed by atoms with Crippen LogP contribution in [0.5, 0.6) is 0 Å². The highest BCUT2D eigenvalue weighted by Crippen LogP contribution is 2.42. The van der Waals surface area contributed by atoms with Crippen molar-refractivity contribution in [1.29, 1.82) is 0 Å². The molecule has 7 aromatic carbocycles. The lowest BCUT2D eigenvalue weighted by molar-refractivity contribution is 0.590. The molecule has 3 nitrogen and oxygen atoms in total. The monoisotopic (exact) mass is 686 g/mol. The van der Waals surface area contributed by atoms with Gasteiger partial charge in [-0.2, -0.15) is 0 Å². The summed E-state index contributed by atoms with van der Waals surface area (Å²) in [5.41, 5.74) is 14.2. The summed E-state index contributed by atoms with van der Waals surface area (Å²) in [5, 5.41) is 7.41. The summed E-state index contributed by atoms with van der Waals surface area (Å²) in [6.07, 6.45) is 0. The summed E-state index contributed by atoms with van der Waals surface area (Å²) < 4.78 is 11.1. The average Bonchev–Trinajstić information content (AvgIpc) is 3.81. The minimum Gasteiger partial charge on any atom is -0.456 e. The van der Waals surface area contributed by atoms with Crippen LogP contribution in [0.1, 0.15) is 52.7 Å². The van der Waals surface area contributed by atoms with Gasteiger partial charge in [-0.3, -0.25) is 0 Å². The normalized spacial score (nSPS) is 12.7. The molecule has 0 N–H and O–H groups in total. The lowest BCUT2D eigenvalue weighted by Crippen LogP contribution is -2.10. The smallest absolute Gasteiger partial charge is 0.136 e. The largest absolute Gasteiger partial charge is 0.456 e. The first kappa shape index (κ1) is 31.7. The lowest BCUT2D eigenvalue weighted by atomic mass is 9.85. The van der Waals surface area contributed by atoms with E-state index in [1.54, 1.807) is 0 Å². The molecule has 0 atom stereocenters. The van der Waals surface area contributed by atoms with E-state index in [1.807, 2.05) is 6.07 Å². The van der Waals surface area contributed by atoms with Crippen molar-refractivity contribution in [2.75, 3.05) is 0 Å². The Hall–Kier alpha value is -6.06. The highest BCUT2D eigenvalue weighted by molar-refractivity contribution is 6.27. The van der Waals surface area contributed by atoms with Crippen LogP contribution in [0.15, 0.2) is 150 Å². The van der Waals surface area contributed by atoms with E-state index in [4.69, 9.17) is 4.42 Å². The Labute approximate surface area is 309 Å². The minimum atomic E-state index is 0.0736. The van der Waals surface area contributed by atoms with Crippen molar-refractivity contribution < 1.29 is 4.42 Å². The first-order chi connectivity index (χ1) is 25.5. The van der Waals surface area contributed by atoms with E-state index in [2.05, 4.69) is 190 Å². The van der Waals surface area contributed by atoms with Gasteiger partial charge in [0.1, 0.15) is 11.2 Å². The molecule has 0 saturated heterocycles. The fourth-order valence-electron chi connectivity index (χ4n) is 8.39. The van der Waals surface area contributed by atoms with Gasteiger partial charge in [0, 0.05) is 43.7 Å². The zero-order chi connectivity index (χ0) is 36.2. The van der Waals surface area contributed by atoms with Gasteiger partial charge >= 0.3 is 0 Å². The molecule has 0 aliphatic rings. The number of rotatable bonds is 3. The number of hydrogen-bond acceptors (Lipinski definition) is 1. The Morgan fingerprint density at radius 3 is 1.42 bits per heavy atom. The molecule has 3 heterocycles. The molecule has 0 bridgehead atoms. The topological polar surface area (TPSA) is 23.0 Å². The third-order valence-electron chi connectivity index (χ3n) is 11.3. The Morgan fingerprint density at radius 2 is 0.849 bits per heavy atom. The van der Waals surface area contributed by atoms with Gasteiger partial charge in [-0.15, -0.1) is 0 Å². The molecule has 0 aliphatic heterocycles. The summed E-state index contributed by atoms with van der Waals surface area (Å²) in [4.78, 5) is 0. The predicted molar refractivity (Wildman–Crippen MR) is 225 cm³/mol. The van der Waals surface area contributed by atoms with Crippen molar-refractivity contribution in [3.05, 3.63) is 157 Å². The standard InChI is InChI=1S/C50H42N2O/c1-49(2,3)33-19-25-42-39(29-33)40-30-34(50(4,5)6)20-26-43(40)51(42)35-21-15-31(16-22-35)32-17-23-36(24-18-32)52-41-13-9-7-11-37(41)47-44(52)27-28-46-48(47)38-12-8-10-14-45(38)53-46/h7-30H,1-6H3. The summed E-state index contributed by atoms with van der Waals surface area (Å²) >= 11 is 0. The maximum absolute atomic E-state index is 6.29. The van der Waals surface area contributed by atoms with Crippen molar-refractivity contribution in [2.24, 2.45) is 0 Å². The van der Waals surface area contributed by atoms with Crippen molar-refractivity contribution in [3.8, 4) is 22.5 Å². The van der Waals surface area contributed by atoms with Gasteiger partial charge in [0.25, 0.3) is 0 Å². The Kier molecular flexibility index (Phi) is 6.70. The molecule has 3 heteroatoms. The number of para-hydroxylation sites is 2. The molecule has 0 saturated carbocycles. The third kappa shape index (κ3) is 4.87. The first-order valence-electron chi connectivity index (χ1n) is 18.7. The molecule has 0 amide bonds. The zero-order valence-electron chi connectivity index (χ0n) is 31.2. The van der Waals surface area contributed by atoms with Crippen LogP contribution in [-0.4, -0.2) is 9.13 Å². The van der Waals surface area contributed by atoms with Gasteiger partial charge in [-0.05, 0) is 106 Å². The molecule has 10 aromatic rings. The van der Waals surface area contributed by atoms with Crippen LogP contribution in [0.4, 0.5) is 0 Å². The predicted octanol–water partition coefficient (Wildman–Crippen LogP) is 14.0. The highest BCUT2D eigenvalue weighted by atomic mass is 16.3. The second kappa shape index (κ2) is 11.2. The first-order valence-corrected chi connectivity index (χ1v) is 18.7. The van der Waals surface area contributed by atoms with E-state index in [9.17, 15) is 0 Å². The van der Waals surface area contributed by atoms with Gasteiger partial charge in [-0.25, -0.2) is 0 Å². The number of nitrogens with zero attached hydrogens (tertiary/aromatic N) is 2. The highest BCUT2D eigenvalue weighted by Gasteiger charge is 2.22. The molecule has 53 heavy (non-hydrogen) atoms. The van der Waals surface area contributed by atoms with E-state index in [-0.39, 0.29) is 10.8 Å². The molecular weight excluding hydrogens is 645 g/mol. The van der Waals surface area contributed by atoms with Gasteiger partial charge in [0.05, 0.1) is 22.1 Å². The van der Waals surface area contributed by atoms with Crippen molar-refractivity contribution in [1.82, 2.24) is 9.13 Å². The Morgan fingerprint density at radius 1 is 0.377 bits per heavy atom. The lowest BCUT2D eigenvalue weighted by Gasteiger charge is -2.19. The van der Waals surface area contributed by atoms with Crippen molar-refractivity contribution >= 4 is 65.6 Å². The van der Waals surface area contributed by atoms with Crippen LogP contribution in [0.2, 0.25) is 0 Å². The molecule has 0 unspecified atom stereocenters. The molecule has 3 aromatic heterocycles. The number of fused-ring (bicyclic) bond motifs is 10. The number of hydrogen-bond donors (Lipinski definition) is 0. The molecule has 10 rings (SSSR count). The van der Waals surface area contributed by atoms with Gasteiger partial charge < -0.3 is 13.6 Å². The van der Waals surface area contributed by atoms with Crippen molar-refractivity contribution in [2.45, 2.75) is 52.4 Å². The van der Waals surface area contributed by atoms with Crippen LogP contribution in [0.3, 0.4) is 0 Å². The second-order valence-corrected chi connectivity index (χ2v) is 16.7. The van der Waals surface area contributed by atoms with Gasteiger partial charge in [-0.1, -0.05) is 114 Å². The summed E-state index contributed by atoms with van der Waals surface area (Å²) in [6, 6.07) is 53.5. The molecule has 258 valence electrons. The van der Waals surface area contributed by atoms with Crippen LogP contribution in [-0.2, 0) is 10.8 Å². The number of aromatic nitrogens is 2. The molecule has 0 aliphatic carbocycles. The number of benzene rings is 7. The van der Waals surface area contributed by atoms with E-state index >= 15 is 0 Å². The van der Waals surface area contributed by atoms with E-state index in [0.29, 0.717) is 0 Å². The quantitative estimate of drug-likeness (QED) is 0.181. The van der Waals surface area contributed by atoms with E-state index < -0.39 is 0 Å². The third-order valence-corrected chi connectivity index (χ3v) is 11.3. The van der Waals surface area contributed by atoms with Gasteiger partial charge in [0.2, 0.25) is 0 Å². The fourth-order valence-corrected chi connectivity index (χ4v) is 8.39. The second-order valence-electron chi connectivity index (χ2n) is 16.7. The van der Waals surface area contributed by atoms with E-state index in [1.165, 1.54) is 76.9 Å². The minimum absolute atomic E-state index is 0.0736. The maximum Gasteiger partial charge on any atom is 0.136 e. The Balaban J connectivity index is 1.06.